The summed E-state index contributed by atoms with van der Waals surface area (Å²) < 4.78 is 8.16. The van der Waals surface area contributed by atoms with Crippen LogP contribution in [0.2, 0.25) is 19.6 Å². The van der Waals surface area contributed by atoms with Gasteiger partial charge in [-0.1, -0.05) is 6.07 Å². The normalized spacial score (nSPS) is 12.0. The standard InChI is InChI=1S/C16H23N3OSi/c1-13-6-7-16(20-21(3,4)5)15(12-13)18-9-11-19-10-8-17-14(19)2/h6-10,12H,11H2,1-5H3. The Morgan fingerprint density at radius 2 is 2.05 bits per heavy atom. The molecule has 4 nitrogen and oxygen atoms in total. The van der Waals surface area contributed by atoms with E-state index in [0.29, 0.717) is 6.54 Å². The van der Waals surface area contributed by atoms with Gasteiger partial charge in [-0.2, -0.15) is 0 Å². The molecule has 0 fully saturated rings. The molecular formula is C16H23N3OSi. The van der Waals surface area contributed by atoms with E-state index in [9.17, 15) is 0 Å². The maximum atomic E-state index is 6.11. The largest absolute Gasteiger partial charge is 0.543 e. The summed E-state index contributed by atoms with van der Waals surface area (Å²) in [4.78, 5) is 8.80. The maximum absolute atomic E-state index is 6.11. The van der Waals surface area contributed by atoms with Gasteiger partial charge in [0, 0.05) is 18.6 Å². The van der Waals surface area contributed by atoms with E-state index in [1.807, 2.05) is 25.4 Å². The van der Waals surface area contributed by atoms with E-state index in [2.05, 4.69) is 53.2 Å². The zero-order valence-corrected chi connectivity index (χ0v) is 14.4. The summed E-state index contributed by atoms with van der Waals surface area (Å²) in [5, 5.41) is 0. The Kier molecular flexibility index (Phi) is 4.62. The van der Waals surface area contributed by atoms with Gasteiger partial charge in [0.1, 0.15) is 17.3 Å². The second-order valence-corrected chi connectivity index (χ2v) is 10.6. The van der Waals surface area contributed by atoms with Crippen molar-refractivity contribution in [2.45, 2.75) is 40.0 Å². The lowest BCUT2D eigenvalue weighted by Gasteiger charge is -2.20. The maximum Gasteiger partial charge on any atom is 0.242 e. The van der Waals surface area contributed by atoms with E-state index in [-0.39, 0.29) is 0 Å². The fourth-order valence-electron chi connectivity index (χ4n) is 1.97. The van der Waals surface area contributed by atoms with Gasteiger partial charge in [-0.15, -0.1) is 0 Å². The van der Waals surface area contributed by atoms with Gasteiger partial charge in [0.2, 0.25) is 8.32 Å². The van der Waals surface area contributed by atoms with Gasteiger partial charge in [-0.3, -0.25) is 4.99 Å². The molecule has 0 atom stereocenters. The highest BCUT2D eigenvalue weighted by Gasteiger charge is 2.18. The molecule has 0 amide bonds. The minimum atomic E-state index is -1.64. The first-order valence-electron chi connectivity index (χ1n) is 7.15. The molecule has 1 heterocycles. The van der Waals surface area contributed by atoms with Crippen molar-refractivity contribution in [1.29, 1.82) is 0 Å². The Morgan fingerprint density at radius 3 is 2.67 bits per heavy atom. The van der Waals surface area contributed by atoms with E-state index in [1.54, 1.807) is 6.20 Å². The number of nitrogens with zero attached hydrogens (tertiary/aromatic N) is 3. The van der Waals surface area contributed by atoms with Crippen LogP contribution in [-0.4, -0.2) is 24.1 Å². The van der Waals surface area contributed by atoms with Gasteiger partial charge < -0.3 is 8.99 Å². The molecule has 2 rings (SSSR count). The molecule has 0 aliphatic heterocycles. The minimum absolute atomic E-state index is 0.714. The number of hydrogen-bond donors (Lipinski definition) is 0. The molecular weight excluding hydrogens is 278 g/mol. The fraction of sp³-hybridized carbons (Fsp3) is 0.375. The average Bonchev–Trinajstić information content (AvgIpc) is 2.77. The molecule has 2 aromatic rings. The molecule has 0 saturated carbocycles. The third-order valence-corrected chi connectivity index (χ3v) is 3.80. The van der Waals surface area contributed by atoms with Crippen LogP contribution in [0, 0.1) is 13.8 Å². The van der Waals surface area contributed by atoms with Gasteiger partial charge in [0.25, 0.3) is 0 Å². The first-order valence-corrected chi connectivity index (χ1v) is 10.6. The van der Waals surface area contributed by atoms with Crippen LogP contribution in [0.25, 0.3) is 0 Å². The highest BCUT2D eigenvalue weighted by Crippen LogP contribution is 2.30. The van der Waals surface area contributed by atoms with Crippen molar-refractivity contribution in [2.75, 3.05) is 0 Å². The second-order valence-electron chi connectivity index (χ2n) is 6.12. The summed E-state index contributed by atoms with van der Waals surface area (Å²) in [6.07, 6.45) is 5.66. The second kappa shape index (κ2) is 6.26. The lowest BCUT2D eigenvalue weighted by atomic mass is 10.2. The Bertz CT molecular complexity index is 641. The zero-order valence-electron chi connectivity index (χ0n) is 13.4. The van der Waals surface area contributed by atoms with Crippen LogP contribution in [0.4, 0.5) is 5.69 Å². The van der Waals surface area contributed by atoms with Crippen LogP contribution in [-0.2, 0) is 6.54 Å². The molecule has 5 heteroatoms. The number of imidazole rings is 1. The fourth-order valence-corrected chi connectivity index (χ4v) is 2.80. The Morgan fingerprint density at radius 1 is 1.29 bits per heavy atom. The van der Waals surface area contributed by atoms with E-state index in [1.165, 1.54) is 5.56 Å². The summed E-state index contributed by atoms with van der Waals surface area (Å²) in [5.41, 5.74) is 2.08. The molecule has 0 aliphatic rings. The molecule has 0 radical (unpaired) electrons. The third kappa shape index (κ3) is 4.56. The number of hydrogen-bond acceptors (Lipinski definition) is 3. The van der Waals surface area contributed by atoms with Gasteiger partial charge in [0.05, 0.1) is 6.54 Å². The van der Waals surface area contributed by atoms with Crippen molar-refractivity contribution in [3.63, 3.8) is 0 Å². The van der Waals surface area contributed by atoms with Crippen LogP contribution in [0.15, 0.2) is 35.6 Å². The van der Waals surface area contributed by atoms with Crippen molar-refractivity contribution in [3.8, 4) is 5.75 Å². The predicted octanol–water partition coefficient (Wildman–Crippen LogP) is 4.12. The van der Waals surface area contributed by atoms with Gasteiger partial charge in [-0.25, -0.2) is 4.98 Å². The van der Waals surface area contributed by atoms with E-state index >= 15 is 0 Å². The summed E-state index contributed by atoms with van der Waals surface area (Å²) in [6.45, 7) is 11.3. The Labute approximate surface area is 127 Å². The molecule has 0 N–H and O–H groups in total. The molecule has 0 unspecified atom stereocenters. The van der Waals surface area contributed by atoms with E-state index in [0.717, 1.165) is 17.3 Å². The van der Waals surface area contributed by atoms with Crippen molar-refractivity contribution in [3.05, 3.63) is 42.0 Å². The van der Waals surface area contributed by atoms with Gasteiger partial charge in [-0.05, 0) is 51.2 Å². The summed E-state index contributed by atoms with van der Waals surface area (Å²) in [5.74, 6) is 1.86. The van der Waals surface area contributed by atoms with E-state index < -0.39 is 8.32 Å². The summed E-state index contributed by atoms with van der Waals surface area (Å²) in [7, 11) is -1.64. The third-order valence-electron chi connectivity index (χ3n) is 2.96. The molecule has 0 bridgehead atoms. The van der Waals surface area contributed by atoms with Crippen LogP contribution in [0.5, 0.6) is 5.75 Å². The van der Waals surface area contributed by atoms with Gasteiger partial charge in [0.15, 0.2) is 0 Å². The lowest BCUT2D eigenvalue weighted by molar-refractivity contribution is 0.559. The van der Waals surface area contributed by atoms with Crippen LogP contribution in [0.3, 0.4) is 0 Å². The summed E-state index contributed by atoms with van der Waals surface area (Å²) >= 11 is 0. The highest BCUT2D eigenvalue weighted by molar-refractivity contribution is 6.70. The Balaban J connectivity index is 2.18. The number of rotatable bonds is 5. The predicted molar refractivity (Wildman–Crippen MR) is 90.3 cm³/mol. The number of aliphatic imine (C=N–C) groups is 1. The molecule has 0 saturated heterocycles. The molecule has 1 aromatic heterocycles. The van der Waals surface area contributed by atoms with Crippen LogP contribution < -0.4 is 4.43 Å². The molecule has 0 spiro atoms. The SMILES string of the molecule is Cc1ccc(O[Si](C)(C)C)c(N=CCn2ccnc2C)c1. The average molecular weight is 301 g/mol. The zero-order chi connectivity index (χ0) is 15.5. The summed E-state index contributed by atoms with van der Waals surface area (Å²) in [6, 6.07) is 6.14. The number of aryl methyl sites for hydroxylation is 2. The smallest absolute Gasteiger partial charge is 0.242 e. The number of aromatic nitrogens is 2. The van der Waals surface area contributed by atoms with E-state index in [4.69, 9.17) is 4.43 Å². The van der Waals surface area contributed by atoms with Crippen molar-refractivity contribution >= 4 is 20.2 Å². The monoisotopic (exact) mass is 301 g/mol. The van der Waals surface area contributed by atoms with Crippen molar-refractivity contribution in [1.82, 2.24) is 9.55 Å². The molecule has 112 valence electrons. The molecule has 1 aromatic carbocycles. The first kappa shape index (κ1) is 15.5. The minimum Gasteiger partial charge on any atom is -0.543 e. The Hall–Kier alpha value is -1.88. The molecule has 0 aliphatic carbocycles. The topological polar surface area (TPSA) is 39.4 Å². The molecule has 21 heavy (non-hydrogen) atoms. The highest BCUT2D eigenvalue weighted by atomic mass is 28.4. The number of benzene rings is 1. The quantitative estimate of drug-likeness (QED) is 0.615. The lowest BCUT2D eigenvalue weighted by Crippen LogP contribution is -2.29. The van der Waals surface area contributed by atoms with Crippen molar-refractivity contribution < 1.29 is 4.43 Å². The first-order chi connectivity index (χ1) is 9.85. The van der Waals surface area contributed by atoms with Crippen LogP contribution >= 0.6 is 0 Å². The van der Waals surface area contributed by atoms with Gasteiger partial charge >= 0.3 is 0 Å². The van der Waals surface area contributed by atoms with Crippen molar-refractivity contribution in [2.24, 2.45) is 4.99 Å². The van der Waals surface area contributed by atoms with Crippen LogP contribution in [0.1, 0.15) is 11.4 Å².